The molecule has 2 unspecified atom stereocenters. The molecule has 18 heteroatoms. The van der Waals surface area contributed by atoms with Crippen molar-refractivity contribution in [1.29, 1.82) is 0 Å². The van der Waals surface area contributed by atoms with Gasteiger partial charge in [0, 0.05) is 49.5 Å². The number of aromatic amines is 2. The molecule has 234 valence electrons. The van der Waals surface area contributed by atoms with E-state index in [4.69, 9.17) is 18.5 Å². The molecule has 4 rings (SSSR count). The minimum atomic E-state index is -4.14. The minimum absolute atomic E-state index is 0.00155. The van der Waals surface area contributed by atoms with Gasteiger partial charge in [0.05, 0.1) is 19.3 Å². The van der Waals surface area contributed by atoms with E-state index in [0.717, 1.165) is 9.13 Å². The van der Waals surface area contributed by atoms with Crippen LogP contribution < -0.4 is 27.6 Å². The second-order valence-corrected chi connectivity index (χ2v) is 12.4. The fraction of sp³-hybridized carbons (Fsp3) is 0.667. The van der Waals surface area contributed by atoms with Crippen molar-refractivity contribution in [2.45, 2.75) is 63.6 Å². The molecular formula is C24H37N6O11P. The molecule has 0 spiro atoms. The highest BCUT2D eigenvalue weighted by molar-refractivity contribution is 7.51. The summed E-state index contributed by atoms with van der Waals surface area (Å²) in [5.74, 6) is 0. The second-order valence-electron chi connectivity index (χ2n) is 10.6. The monoisotopic (exact) mass is 616 g/mol. The van der Waals surface area contributed by atoms with Crippen molar-refractivity contribution in [3.05, 3.63) is 65.2 Å². The van der Waals surface area contributed by atoms with E-state index in [-0.39, 0.29) is 37.1 Å². The third-order valence-corrected chi connectivity index (χ3v) is 8.67. The number of hydrogen-bond acceptors (Lipinski definition) is 12. The van der Waals surface area contributed by atoms with Crippen LogP contribution in [0.25, 0.3) is 0 Å². The Morgan fingerprint density at radius 3 is 2.10 bits per heavy atom. The Kier molecular flexibility index (Phi) is 10.2. The van der Waals surface area contributed by atoms with E-state index < -0.39 is 73.7 Å². The summed E-state index contributed by atoms with van der Waals surface area (Å²) in [5, 5.41) is 23.3. The molecule has 0 radical (unpaired) electrons. The Labute approximate surface area is 239 Å². The van der Waals surface area contributed by atoms with Crippen molar-refractivity contribution in [1.82, 2.24) is 29.1 Å². The molecule has 2 aromatic rings. The van der Waals surface area contributed by atoms with Crippen molar-refractivity contribution in [2.24, 2.45) is 0 Å². The first-order chi connectivity index (χ1) is 19.8. The number of rotatable bonds is 12. The van der Waals surface area contributed by atoms with Gasteiger partial charge < -0.3 is 24.6 Å². The van der Waals surface area contributed by atoms with Crippen LogP contribution in [0, 0.1) is 13.8 Å². The topological polar surface area (TPSA) is 219 Å². The fourth-order valence-electron chi connectivity index (χ4n) is 4.66. The van der Waals surface area contributed by atoms with Gasteiger partial charge in [-0.1, -0.05) is 0 Å². The van der Waals surface area contributed by atoms with Gasteiger partial charge in [-0.25, -0.2) is 19.2 Å². The molecule has 2 aliphatic heterocycles. The zero-order chi connectivity index (χ0) is 30.8. The summed E-state index contributed by atoms with van der Waals surface area (Å²) in [6.07, 6.45) is -3.20. The molecule has 0 amide bonds. The molecule has 0 aromatic carbocycles. The third kappa shape index (κ3) is 7.42. The van der Waals surface area contributed by atoms with Crippen LogP contribution in [0.5, 0.6) is 0 Å². The first-order valence-electron chi connectivity index (χ1n) is 13.4. The Hall–Kier alpha value is -2.73. The molecule has 2 aromatic heterocycles. The number of aliphatic hydroxyl groups excluding tert-OH is 2. The summed E-state index contributed by atoms with van der Waals surface area (Å²) in [4.78, 5) is 54.4. The predicted molar refractivity (Wildman–Crippen MR) is 147 cm³/mol. The van der Waals surface area contributed by atoms with Crippen LogP contribution in [-0.2, 0) is 23.1 Å². The summed E-state index contributed by atoms with van der Waals surface area (Å²) >= 11 is 0. The maximum absolute atomic E-state index is 13.9. The first kappa shape index (κ1) is 32.2. The lowest BCUT2D eigenvalue weighted by Gasteiger charge is -2.26. The molecule has 5 N–H and O–H groups in total. The number of nitrogens with one attached hydrogen (secondary N) is 3. The molecule has 4 heterocycles. The smallest absolute Gasteiger partial charge is 0.394 e. The van der Waals surface area contributed by atoms with Gasteiger partial charge in [0.2, 0.25) is 0 Å². The van der Waals surface area contributed by atoms with Crippen molar-refractivity contribution in [3.63, 3.8) is 0 Å². The highest BCUT2D eigenvalue weighted by Crippen LogP contribution is 2.49. The predicted octanol–water partition coefficient (Wildman–Crippen LogP) is -1.71. The molecule has 7 atom stereocenters. The zero-order valence-corrected chi connectivity index (χ0v) is 24.6. The maximum atomic E-state index is 13.9. The van der Waals surface area contributed by atoms with E-state index in [9.17, 15) is 34.0 Å². The van der Waals surface area contributed by atoms with Crippen molar-refractivity contribution >= 4 is 7.75 Å². The lowest BCUT2D eigenvalue weighted by Crippen LogP contribution is -2.34. The van der Waals surface area contributed by atoms with Crippen LogP contribution in [0.2, 0.25) is 0 Å². The van der Waals surface area contributed by atoms with Gasteiger partial charge in [-0.2, -0.15) is 0 Å². The highest BCUT2D eigenvalue weighted by Gasteiger charge is 2.43. The van der Waals surface area contributed by atoms with Crippen LogP contribution in [-0.4, -0.2) is 99.0 Å². The van der Waals surface area contributed by atoms with Crippen molar-refractivity contribution in [3.8, 4) is 0 Å². The van der Waals surface area contributed by atoms with E-state index in [2.05, 4.69) is 15.1 Å². The van der Waals surface area contributed by atoms with Crippen molar-refractivity contribution < 1.29 is 33.3 Å². The van der Waals surface area contributed by atoms with Gasteiger partial charge >= 0.3 is 19.1 Å². The molecule has 2 aliphatic rings. The van der Waals surface area contributed by atoms with Gasteiger partial charge in [0.25, 0.3) is 11.1 Å². The number of H-pyrrole nitrogens is 2. The normalized spacial score (nSPS) is 27.5. The third-order valence-electron chi connectivity index (χ3n) is 7.02. The van der Waals surface area contributed by atoms with Crippen LogP contribution >= 0.6 is 7.75 Å². The standard InChI is InChI=1S/C24H37N6O11P/c1-13-9-29(23(35)26-21(13)33)19-7-15(32)18(40-19)12-38-42(37,25-5-6-28(3)4)41-16-8-20(39-17(16)11-31)30-10-14(2)22(34)27-24(30)36/h9-10,15-20,31-32H,5-8,11-12H2,1-4H3,(H,25,37)(H,26,33,35)(H,27,34,36)/t15?,16?,17-,18-,19-,20-,42+/m1/s1. The second kappa shape index (κ2) is 13.3. The SMILES string of the molecule is Cc1cn([C@H]2CC(O)[C@@H](CO[P@@](=O)(NCCN(C)C)OC3C[C@H](n4cc(C)c(=O)[nH]c4=O)O[C@@H]3CO)O2)c(=O)[nH]c1=O. The van der Waals surface area contributed by atoms with Crippen LogP contribution in [0.4, 0.5) is 0 Å². The van der Waals surface area contributed by atoms with Gasteiger partial charge in [-0.3, -0.25) is 37.7 Å². The number of aromatic nitrogens is 4. The number of nitrogens with zero attached hydrogens (tertiary/aromatic N) is 3. The van der Waals surface area contributed by atoms with Gasteiger partial charge in [0.1, 0.15) is 30.8 Å². The zero-order valence-electron chi connectivity index (χ0n) is 23.7. The lowest BCUT2D eigenvalue weighted by molar-refractivity contribution is -0.0533. The number of likely N-dealkylation sites (N-methyl/N-ethyl adjacent to an activating group) is 1. The average molecular weight is 617 g/mol. The van der Waals surface area contributed by atoms with Gasteiger partial charge in [-0.05, 0) is 27.9 Å². The Morgan fingerprint density at radius 1 is 1.00 bits per heavy atom. The van der Waals surface area contributed by atoms with E-state index in [1.54, 1.807) is 0 Å². The van der Waals surface area contributed by atoms with E-state index in [1.165, 1.54) is 26.2 Å². The number of hydrogen-bond donors (Lipinski definition) is 5. The maximum Gasteiger partial charge on any atom is 0.406 e. The molecular weight excluding hydrogens is 579 g/mol. The van der Waals surface area contributed by atoms with Gasteiger partial charge in [-0.15, -0.1) is 0 Å². The van der Waals surface area contributed by atoms with Crippen LogP contribution in [0.15, 0.2) is 31.6 Å². The molecule has 2 saturated heterocycles. The molecule has 0 bridgehead atoms. The average Bonchev–Trinajstić information content (AvgIpc) is 3.49. The highest BCUT2D eigenvalue weighted by atomic mass is 31.2. The summed E-state index contributed by atoms with van der Waals surface area (Å²) in [7, 11) is -0.501. The number of aliphatic hydroxyl groups is 2. The van der Waals surface area contributed by atoms with E-state index in [0.29, 0.717) is 6.54 Å². The van der Waals surface area contributed by atoms with E-state index >= 15 is 0 Å². The van der Waals surface area contributed by atoms with Crippen molar-refractivity contribution in [2.75, 3.05) is 40.4 Å². The number of aryl methyl sites for hydroxylation is 2. The Balaban J connectivity index is 1.48. The van der Waals surface area contributed by atoms with Crippen LogP contribution in [0.3, 0.4) is 0 Å². The van der Waals surface area contributed by atoms with Crippen LogP contribution in [0.1, 0.15) is 36.4 Å². The quantitative estimate of drug-likeness (QED) is 0.168. The largest absolute Gasteiger partial charge is 0.406 e. The Bertz CT molecular complexity index is 1530. The first-order valence-corrected chi connectivity index (χ1v) is 14.9. The van der Waals surface area contributed by atoms with Gasteiger partial charge in [0.15, 0.2) is 0 Å². The number of ether oxygens (including phenoxy) is 2. The minimum Gasteiger partial charge on any atom is -0.394 e. The summed E-state index contributed by atoms with van der Waals surface area (Å²) in [6, 6.07) is 0. The summed E-state index contributed by atoms with van der Waals surface area (Å²) in [6.45, 7) is 2.80. The lowest BCUT2D eigenvalue weighted by atomic mass is 10.2. The molecule has 0 aliphatic carbocycles. The Morgan fingerprint density at radius 2 is 1.55 bits per heavy atom. The fourth-order valence-corrected chi connectivity index (χ4v) is 6.18. The molecule has 17 nitrogen and oxygen atoms in total. The van der Waals surface area contributed by atoms with E-state index in [1.807, 2.05) is 19.0 Å². The summed E-state index contributed by atoms with van der Waals surface area (Å²) in [5.41, 5.74) is -1.93. The summed E-state index contributed by atoms with van der Waals surface area (Å²) < 4.78 is 39.4. The molecule has 0 saturated carbocycles. The molecule has 42 heavy (non-hydrogen) atoms. The molecule has 2 fully saturated rings.